The van der Waals surface area contributed by atoms with Crippen LogP contribution in [0.15, 0.2) is 103 Å². The highest BCUT2D eigenvalue weighted by Gasteiger charge is 2.36. The first-order valence-electron chi connectivity index (χ1n) is 13.5. The van der Waals surface area contributed by atoms with E-state index in [1.807, 2.05) is 97.1 Å². The number of benzene rings is 4. The molecular weight excluding hydrogens is 522 g/mol. The fourth-order valence-electron chi connectivity index (χ4n) is 5.47. The Morgan fingerprint density at radius 1 is 0.925 bits per heavy atom. The Balaban J connectivity index is 1.39. The number of carboxylic acids is 1. The van der Waals surface area contributed by atoms with Crippen molar-refractivity contribution in [2.45, 2.75) is 37.7 Å². The maximum absolute atomic E-state index is 13.9. The average molecular weight is 554 g/mol. The smallest absolute Gasteiger partial charge is 0.305 e. The Hall–Kier alpha value is -4.09. The minimum Gasteiger partial charge on any atom is -0.487 e. The van der Waals surface area contributed by atoms with Crippen LogP contribution in [-0.2, 0) is 17.6 Å². The molecule has 1 atom stereocenters. The second kappa shape index (κ2) is 12.0. The quantitative estimate of drug-likeness (QED) is 0.229. The van der Waals surface area contributed by atoms with Crippen molar-refractivity contribution in [3.05, 3.63) is 136 Å². The lowest BCUT2D eigenvalue weighted by molar-refractivity contribution is -0.137. The highest BCUT2D eigenvalue weighted by atomic mass is 35.5. The molecule has 0 radical (unpaired) electrons. The number of ether oxygens (including phenoxy) is 1. The first-order valence-corrected chi connectivity index (χ1v) is 13.8. The second-order valence-corrected chi connectivity index (χ2v) is 11.1. The van der Waals surface area contributed by atoms with Gasteiger partial charge in [0.05, 0.1) is 6.42 Å². The highest BCUT2D eigenvalue weighted by Crippen LogP contribution is 2.38. The molecule has 5 nitrogen and oxygen atoms in total. The summed E-state index contributed by atoms with van der Waals surface area (Å²) in [4.78, 5) is 27.1. The maximum Gasteiger partial charge on any atom is 0.305 e. The van der Waals surface area contributed by atoms with Crippen LogP contribution in [0.5, 0.6) is 5.75 Å². The molecule has 0 aliphatic carbocycles. The molecule has 1 heterocycles. The maximum atomic E-state index is 13.9. The monoisotopic (exact) mass is 553 g/mol. The molecule has 0 saturated carbocycles. The molecule has 1 aliphatic heterocycles. The molecule has 5 rings (SSSR count). The normalized spacial score (nSPS) is 15.9. The predicted molar refractivity (Wildman–Crippen MR) is 157 cm³/mol. The molecule has 0 saturated heterocycles. The van der Waals surface area contributed by atoms with E-state index in [0.717, 1.165) is 28.0 Å². The molecule has 4 aromatic rings. The number of halogens is 1. The number of aliphatic carboxylic acids is 1. The molecule has 1 amide bonds. The van der Waals surface area contributed by atoms with Crippen molar-refractivity contribution in [3.8, 4) is 5.75 Å². The first-order chi connectivity index (χ1) is 19.3. The number of carboxylic acid groups (broad SMARTS) is 1. The fourth-order valence-corrected chi connectivity index (χ4v) is 5.60. The summed E-state index contributed by atoms with van der Waals surface area (Å²) in [6.45, 7) is 2.56. The van der Waals surface area contributed by atoms with Crippen LogP contribution in [-0.4, -0.2) is 40.6 Å². The van der Waals surface area contributed by atoms with Crippen molar-refractivity contribution >= 4 is 23.5 Å². The van der Waals surface area contributed by atoms with E-state index in [9.17, 15) is 14.7 Å². The topological polar surface area (TPSA) is 66.8 Å². The SMILES string of the molecule is CC1(Cc2ccc(Cl)cc2)Cc2cc(C(=O)N(CCC(=O)O)CC(c3ccccc3)c3ccccc3)ccc2O1. The van der Waals surface area contributed by atoms with Crippen molar-refractivity contribution < 1.29 is 19.4 Å². The number of hydrogen-bond acceptors (Lipinski definition) is 3. The molecule has 1 unspecified atom stereocenters. The van der Waals surface area contributed by atoms with Gasteiger partial charge in [0.25, 0.3) is 5.91 Å². The number of amides is 1. The fraction of sp³-hybridized carbons (Fsp3) is 0.235. The van der Waals surface area contributed by atoms with E-state index in [1.165, 1.54) is 0 Å². The summed E-state index contributed by atoms with van der Waals surface area (Å²) < 4.78 is 6.35. The summed E-state index contributed by atoms with van der Waals surface area (Å²) in [7, 11) is 0. The van der Waals surface area contributed by atoms with E-state index in [1.54, 1.807) is 11.0 Å². The van der Waals surface area contributed by atoms with Crippen LogP contribution >= 0.6 is 11.6 Å². The Bertz CT molecular complexity index is 1430. The van der Waals surface area contributed by atoms with Gasteiger partial charge in [-0.3, -0.25) is 9.59 Å². The van der Waals surface area contributed by atoms with Gasteiger partial charge in [-0.2, -0.15) is 0 Å². The number of hydrogen-bond donors (Lipinski definition) is 1. The molecule has 1 aliphatic rings. The van der Waals surface area contributed by atoms with Crippen LogP contribution in [0.2, 0.25) is 5.02 Å². The molecule has 0 bridgehead atoms. The number of rotatable bonds is 10. The molecule has 1 N–H and O–H groups in total. The Morgan fingerprint density at radius 3 is 2.15 bits per heavy atom. The molecular formula is C34H32ClNO4. The minimum atomic E-state index is -0.936. The standard InChI is InChI=1S/C34H32ClNO4/c1-34(21-24-12-15-29(35)16-13-24)22-28-20-27(14-17-31(28)40-34)33(39)36(19-18-32(37)38)23-30(25-8-4-2-5-9-25)26-10-6-3-7-11-26/h2-17,20,30H,18-19,21-23H2,1H3,(H,37,38). The number of nitrogens with zero attached hydrogens (tertiary/aromatic N) is 1. The summed E-state index contributed by atoms with van der Waals surface area (Å²) in [5, 5.41) is 10.1. The van der Waals surface area contributed by atoms with Crippen LogP contribution in [0, 0.1) is 0 Å². The van der Waals surface area contributed by atoms with Gasteiger partial charge in [0, 0.05) is 42.4 Å². The zero-order chi connectivity index (χ0) is 28.1. The number of carbonyl (C=O) groups is 2. The van der Waals surface area contributed by atoms with Crippen molar-refractivity contribution in [3.63, 3.8) is 0 Å². The molecule has 4 aromatic carbocycles. The predicted octanol–water partition coefficient (Wildman–Crippen LogP) is 7.03. The van der Waals surface area contributed by atoms with Crippen LogP contribution in [0.25, 0.3) is 0 Å². The summed E-state index contributed by atoms with van der Waals surface area (Å²) in [5.41, 5.74) is 4.34. The lowest BCUT2D eigenvalue weighted by Gasteiger charge is -2.28. The van der Waals surface area contributed by atoms with Gasteiger partial charge >= 0.3 is 5.97 Å². The van der Waals surface area contributed by atoms with E-state index in [2.05, 4.69) is 6.92 Å². The van der Waals surface area contributed by atoms with Gasteiger partial charge in [0.1, 0.15) is 11.4 Å². The van der Waals surface area contributed by atoms with E-state index >= 15 is 0 Å². The van der Waals surface area contributed by atoms with Crippen LogP contribution in [0.1, 0.15) is 51.9 Å². The molecule has 6 heteroatoms. The lowest BCUT2D eigenvalue weighted by Crippen LogP contribution is -2.36. The zero-order valence-electron chi connectivity index (χ0n) is 22.4. The Morgan fingerprint density at radius 2 is 1.55 bits per heavy atom. The van der Waals surface area contributed by atoms with Crippen LogP contribution in [0.4, 0.5) is 0 Å². The molecule has 40 heavy (non-hydrogen) atoms. The molecule has 0 spiro atoms. The van der Waals surface area contributed by atoms with Gasteiger partial charge in [0.15, 0.2) is 0 Å². The first kappa shape index (κ1) is 27.5. The van der Waals surface area contributed by atoms with Gasteiger partial charge in [-0.1, -0.05) is 84.4 Å². The van der Waals surface area contributed by atoms with Crippen molar-refractivity contribution in [1.82, 2.24) is 4.90 Å². The molecule has 0 aromatic heterocycles. The number of carbonyl (C=O) groups excluding carboxylic acids is 1. The summed E-state index contributed by atoms with van der Waals surface area (Å²) >= 11 is 6.05. The van der Waals surface area contributed by atoms with E-state index in [4.69, 9.17) is 16.3 Å². The van der Waals surface area contributed by atoms with Gasteiger partial charge < -0.3 is 14.7 Å². The largest absolute Gasteiger partial charge is 0.487 e. The zero-order valence-corrected chi connectivity index (χ0v) is 23.2. The van der Waals surface area contributed by atoms with Gasteiger partial charge in [-0.15, -0.1) is 0 Å². The third kappa shape index (κ3) is 6.54. The van der Waals surface area contributed by atoms with Crippen LogP contribution < -0.4 is 4.74 Å². The average Bonchev–Trinajstić information content (AvgIpc) is 3.30. The van der Waals surface area contributed by atoms with Crippen molar-refractivity contribution in [2.24, 2.45) is 0 Å². The molecule has 204 valence electrons. The van der Waals surface area contributed by atoms with Crippen molar-refractivity contribution in [2.75, 3.05) is 13.1 Å². The van der Waals surface area contributed by atoms with Crippen LogP contribution in [0.3, 0.4) is 0 Å². The molecule has 0 fully saturated rings. The summed E-state index contributed by atoms with van der Waals surface area (Å²) in [6.07, 6.45) is 1.25. The summed E-state index contributed by atoms with van der Waals surface area (Å²) in [6, 6.07) is 33.4. The third-order valence-electron chi connectivity index (χ3n) is 7.41. The summed E-state index contributed by atoms with van der Waals surface area (Å²) in [5.74, 6) is -0.446. The van der Waals surface area contributed by atoms with Crippen molar-refractivity contribution in [1.29, 1.82) is 0 Å². The number of fused-ring (bicyclic) bond motifs is 1. The van der Waals surface area contributed by atoms with E-state index in [0.29, 0.717) is 30.0 Å². The third-order valence-corrected chi connectivity index (χ3v) is 7.66. The van der Waals surface area contributed by atoms with Gasteiger partial charge in [-0.05, 0) is 59.5 Å². The second-order valence-electron chi connectivity index (χ2n) is 10.6. The minimum absolute atomic E-state index is 0.0967. The van der Waals surface area contributed by atoms with Gasteiger partial charge in [-0.25, -0.2) is 0 Å². The highest BCUT2D eigenvalue weighted by molar-refractivity contribution is 6.30. The Kier molecular flexibility index (Phi) is 8.22. The van der Waals surface area contributed by atoms with E-state index in [-0.39, 0.29) is 24.8 Å². The van der Waals surface area contributed by atoms with Gasteiger partial charge in [0.2, 0.25) is 0 Å². The van der Waals surface area contributed by atoms with E-state index < -0.39 is 11.6 Å². The lowest BCUT2D eigenvalue weighted by atomic mass is 9.90. The Labute approximate surface area is 240 Å².